The van der Waals surface area contributed by atoms with Crippen molar-refractivity contribution in [2.45, 2.75) is 65.7 Å². The second kappa shape index (κ2) is 17.0. The van der Waals surface area contributed by atoms with Gasteiger partial charge >= 0.3 is 0 Å². The van der Waals surface area contributed by atoms with Crippen molar-refractivity contribution < 1.29 is 4.74 Å². The fourth-order valence-electron chi connectivity index (χ4n) is 4.01. The number of halogens is 1. The molecule has 2 aliphatic rings. The van der Waals surface area contributed by atoms with Crippen LogP contribution in [0.1, 0.15) is 64.3 Å². The first-order chi connectivity index (χ1) is 17.9. The average molecular weight is 542 g/mol. The molecule has 37 heavy (non-hydrogen) atoms. The summed E-state index contributed by atoms with van der Waals surface area (Å²) in [5.74, 6) is 1.58. The van der Waals surface area contributed by atoms with Crippen LogP contribution in [-0.2, 0) is 11.2 Å². The minimum absolute atomic E-state index is 0.0107. The van der Waals surface area contributed by atoms with Crippen LogP contribution in [0.25, 0.3) is 5.70 Å². The summed E-state index contributed by atoms with van der Waals surface area (Å²) >= 11 is 7.75. The lowest BCUT2D eigenvalue weighted by Gasteiger charge is -2.16. The highest BCUT2D eigenvalue weighted by molar-refractivity contribution is 7.11. The van der Waals surface area contributed by atoms with Crippen LogP contribution >= 0.6 is 22.9 Å². The molecule has 0 saturated heterocycles. The van der Waals surface area contributed by atoms with Crippen LogP contribution in [0.15, 0.2) is 88.5 Å². The van der Waals surface area contributed by atoms with Crippen LogP contribution in [0, 0.1) is 0 Å². The topological polar surface area (TPSA) is 45.3 Å². The number of thiophene rings is 1. The van der Waals surface area contributed by atoms with Crippen molar-refractivity contribution in [3.63, 3.8) is 0 Å². The molecule has 0 saturated carbocycles. The molecule has 1 atom stereocenters. The van der Waals surface area contributed by atoms with Crippen molar-refractivity contribution in [2.24, 2.45) is 0 Å². The zero-order valence-corrected chi connectivity index (χ0v) is 24.9. The van der Waals surface area contributed by atoms with E-state index in [0.29, 0.717) is 0 Å². The van der Waals surface area contributed by atoms with E-state index in [1.807, 2.05) is 39.1 Å². The molecule has 4 nitrogen and oxygen atoms in total. The van der Waals surface area contributed by atoms with Gasteiger partial charge in [-0.25, -0.2) is 0 Å². The number of fused-ring (bicyclic) bond motifs is 1. The first kappa shape index (κ1) is 30.6. The molecule has 0 aromatic carbocycles. The van der Waals surface area contributed by atoms with Crippen LogP contribution in [0.3, 0.4) is 0 Å². The number of allylic oxidation sites excluding steroid dienone is 10. The van der Waals surface area contributed by atoms with Gasteiger partial charge in [-0.3, -0.25) is 0 Å². The molecule has 0 amide bonds. The minimum atomic E-state index is -0.0107. The van der Waals surface area contributed by atoms with Crippen molar-refractivity contribution >= 4 is 28.6 Å². The lowest BCUT2D eigenvalue weighted by atomic mass is 9.95. The van der Waals surface area contributed by atoms with E-state index in [2.05, 4.69) is 78.5 Å². The average Bonchev–Trinajstić information content (AvgIpc) is 3.30. The molecule has 1 aromatic heterocycles. The van der Waals surface area contributed by atoms with Crippen molar-refractivity contribution in [1.29, 1.82) is 0 Å². The molecule has 3 rings (SSSR count). The van der Waals surface area contributed by atoms with Gasteiger partial charge in [0.15, 0.2) is 5.88 Å². The second-order valence-corrected chi connectivity index (χ2v) is 10.4. The van der Waals surface area contributed by atoms with Gasteiger partial charge in [0.2, 0.25) is 0 Å². The standard InChI is InChI=1S/C19H28ClNO.C12H16N2S/c1-5-16-9-8-10-17(13-16)14-19(21-7-3)22-18(6-2)12-11-15(4)20;1-3-14-11-10(13-2)6-4-5-9-7-8-15-12(9)11/h5-6,11-15,21H,7-10H2,1-4H3;4,6-8,13-14H,3,5H2,1-2H3/b12-11-,16-5+,18-6+,19-14-;. The minimum Gasteiger partial charge on any atom is -0.442 e. The Bertz CT molecular complexity index is 1070. The molecule has 0 radical (unpaired) electrons. The van der Waals surface area contributed by atoms with Gasteiger partial charge in [0.25, 0.3) is 0 Å². The van der Waals surface area contributed by atoms with E-state index in [1.165, 1.54) is 45.8 Å². The van der Waals surface area contributed by atoms with E-state index in [1.54, 1.807) is 11.3 Å². The number of nitrogens with one attached hydrogen (secondary N) is 3. The maximum absolute atomic E-state index is 5.97. The quantitative estimate of drug-likeness (QED) is 0.160. The summed E-state index contributed by atoms with van der Waals surface area (Å²) in [7, 11) is 1.97. The molecular formula is C31H44ClN3OS. The Morgan fingerprint density at radius 1 is 1.22 bits per heavy atom. The van der Waals surface area contributed by atoms with Crippen molar-refractivity contribution in [2.75, 3.05) is 20.1 Å². The number of alkyl halides is 1. The molecule has 202 valence electrons. The maximum Gasteiger partial charge on any atom is 0.193 e. The Morgan fingerprint density at radius 3 is 2.68 bits per heavy atom. The Labute approximate surface area is 233 Å². The molecule has 0 fully saturated rings. The Kier molecular flexibility index (Phi) is 14.0. The highest BCUT2D eigenvalue weighted by atomic mass is 35.5. The Balaban J connectivity index is 0.000000278. The number of hydrogen-bond donors (Lipinski definition) is 3. The van der Waals surface area contributed by atoms with E-state index in [9.17, 15) is 0 Å². The molecule has 2 aliphatic carbocycles. The van der Waals surface area contributed by atoms with Crippen LogP contribution < -0.4 is 16.0 Å². The Morgan fingerprint density at radius 2 is 2.03 bits per heavy atom. The van der Waals surface area contributed by atoms with E-state index < -0.39 is 0 Å². The van der Waals surface area contributed by atoms with Gasteiger partial charge in [-0.2, -0.15) is 0 Å². The monoisotopic (exact) mass is 541 g/mol. The summed E-state index contributed by atoms with van der Waals surface area (Å²) in [6.07, 6.45) is 21.2. The summed E-state index contributed by atoms with van der Waals surface area (Å²) in [6, 6.07) is 2.21. The van der Waals surface area contributed by atoms with Gasteiger partial charge in [0.05, 0.1) is 16.3 Å². The SMILES string of the molecule is C/C=C1C=C(/C=C(/NCC)OC(/C=C\C(C)Cl)=C/C)CCC/1.CCNC1=C(NC)C=CCc2ccsc21. The first-order valence-electron chi connectivity index (χ1n) is 13.3. The number of ether oxygens (including phenoxy) is 1. The third-order valence-corrected chi connectivity index (χ3v) is 6.99. The molecule has 0 spiro atoms. The fraction of sp³-hybridized carbons (Fsp3) is 0.419. The second-order valence-electron chi connectivity index (χ2n) is 8.76. The lowest BCUT2D eigenvalue weighted by molar-refractivity contribution is 0.288. The summed E-state index contributed by atoms with van der Waals surface area (Å²) in [5, 5.41) is 12.1. The van der Waals surface area contributed by atoms with Crippen LogP contribution in [-0.4, -0.2) is 25.5 Å². The summed E-state index contributed by atoms with van der Waals surface area (Å²) in [4.78, 5) is 1.37. The van der Waals surface area contributed by atoms with Crippen LogP contribution in [0.5, 0.6) is 0 Å². The van der Waals surface area contributed by atoms with Gasteiger partial charge < -0.3 is 20.7 Å². The van der Waals surface area contributed by atoms with Crippen molar-refractivity contribution in [3.8, 4) is 0 Å². The third kappa shape index (κ3) is 10.3. The van der Waals surface area contributed by atoms with Gasteiger partial charge in [-0.1, -0.05) is 29.9 Å². The van der Waals surface area contributed by atoms with Gasteiger partial charge in [-0.05, 0) is 101 Å². The first-order valence-corrected chi connectivity index (χ1v) is 14.6. The van der Waals surface area contributed by atoms with E-state index in [4.69, 9.17) is 16.3 Å². The van der Waals surface area contributed by atoms with Gasteiger partial charge in [-0.15, -0.1) is 22.9 Å². The molecule has 0 bridgehead atoms. The largest absolute Gasteiger partial charge is 0.442 e. The normalized spacial score (nSPS) is 18.0. The molecule has 1 unspecified atom stereocenters. The predicted octanol–water partition coefficient (Wildman–Crippen LogP) is 7.96. The van der Waals surface area contributed by atoms with Crippen molar-refractivity contribution in [1.82, 2.24) is 16.0 Å². The van der Waals surface area contributed by atoms with Gasteiger partial charge in [0, 0.05) is 31.6 Å². The van der Waals surface area contributed by atoms with Crippen LogP contribution in [0.4, 0.5) is 0 Å². The number of rotatable bonds is 10. The smallest absolute Gasteiger partial charge is 0.193 e. The Hall–Kier alpha value is -2.63. The summed E-state index contributed by atoms with van der Waals surface area (Å²) < 4.78 is 5.97. The van der Waals surface area contributed by atoms with E-state index in [0.717, 1.165) is 37.6 Å². The van der Waals surface area contributed by atoms with Gasteiger partial charge in [0.1, 0.15) is 5.76 Å². The third-order valence-electron chi connectivity index (χ3n) is 5.87. The highest BCUT2D eigenvalue weighted by Gasteiger charge is 2.14. The number of likely N-dealkylation sites (N-methyl/N-ethyl adjacent to an activating group) is 1. The van der Waals surface area contributed by atoms with E-state index in [-0.39, 0.29) is 5.38 Å². The van der Waals surface area contributed by atoms with Crippen LogP contribution in [0.2, 0.25) is 0 Å². The zero-order chi connectivity index (χ0) is 27.0. The molecule has 1 heterocycles. The highest BCUT2D eigenvalue weighted by Crippen LogP contribution is 2.29. The van der Waals surface area contributed by atoms with Crippen molar-refractivity contribution in [3.05, 3.63) is 99.0 Å². The molecule has 1 aromatic rings. The zero-order valence-electron chi connectivity index (χ0n) is 23.3. The predicted molar refractivity (Wildman–Crippen MR) is 164 cm³/mol. The molecule has 6 heteroatoms. The lowest BCUT2D eigenvalue weighted by Crippen LogP contribution is -2.17. The summed E-state index contributed by atoms with van der Waals surface area (Å²) in [5.41, 5.74) is 6.53. The number of hydrogen-bond acceptors (Lipinski definition) is 5. The maximum atomic E-state index is 5.97. The summed E-state index contributed by atoms with van der Waals surface area (Å²) in [6.45, 7) is 11.9. The fourth-order valence-corrected chi connectivity index (χ4v) is 5.05. The molecule has 0 aliphatic heterocycles. The molecule has 3 N–H and O–H groups in total. The molecular weight excluding hydrogens is 498 g/mol. The van der Waals surface area contributed by atoms with E-state index >= 15 is 0 Å².